The topological polar surface area (TPSA) is 61.5 Å². The number of ether oxygens (including phenoxy) is 2. The van der Waals surface area contributed by atoms with Crippen LogP contribution in [0.5, 0.6) is 5.75 Å². The lowest BCUT2D eigenvalue weighted by molar-refractivity contribution is 0.0334. The zero-order valence-corrected chi connectivity index (χ0v) is 11.5. The van der Waals surface area contributed by atoms with Crippen LogP contribution in [-0.2, 0) is 4.74 Å². The molecule has 0 aliphatic carbocycles. The van der Waals surface area contributed by atoms with E-state index in [1.807, 2.05) is 37.3 Å². The van der Waals surface area contributed by atoms with Gasteiger partial charge in [-0.15, -0.1) is 0 Å². The largest absolute Gasteiger partial charge is 0.496 e. The molecule has 0 bridgehead atoms. The quantitative estimate of drug-likeness (QED) is 0.685. The Morgan fingerprint density at radius 2 is 1.85 bits per heavy atom. The summed E-state index contributed by atoms with van der Waals surface area (Å²) >= 11 is 0. The van der Waals surface area contributed by atoms with E-state index in [-0.39, 0.29) is 6.10 Å². The average molecular weight is 271 g/mol. The molecule has 0 aliphatic heterocycles. The van der Waals surface area contributed by atoms with Crippen molar-refractivity contribution in [2.45, 2.75) is 13.0 Å². The van der Waals surface area contributed by atoms with Crippen LogP contribution in [0.2, 0.25) is 0 Å². The van der Waals surface area contributed by atoms with Crippen molar-refractivity contribution in [3.8, 4) is 5.75 Å². The van der Waals surface area contributed by atoms with Crippen LogP contribution in [0.25, 0.3) is 0 Å². The van der Waals surface area contributed by atoms with Gasteiger partial charge < -0.3 is 15.2 Å². The van der Waals surface area contributed by atoms with E-state index in [1.54, 1.807) is 18.2 Å². The molecule has 20 heavy (non-hydrogen) atoms. The molecule has 104 valence electrons. The van der Waals surface area contributed by atoms with Gasteiger partial charge in [-0.25, -0.2) is 4.79 Å². The highest BCUT2D eigenvalue weighted by Gasteiger charge is 2.17. The third-order valence-corrected chi connectivity index (χ3v) is 3.00. The van der Waals surface area contributed by atoms with Crippen molar-refractivity contribution >= 4 is 11.7 Å². The summed E-state index contributed by atoms with van der Waals surface area (Å²) in [6.45, 7) is 1.83. The number of carbonyl (C=O) groups excluding carboxylic acids is 1. The van der Waals surface area contributed by atoms with Gasteiger partial charge in [0.05, 0.1) is 7.11 Å². The van der Waals surface area contributed by atoms with E-state index in [0.717, 1.165) is 5.56 Å². The fourth-order valence-electron chi connectivity index (χ4n) is 1.90. The van der Waals surface area contributed by atoms with Crippen molar-refractivity contribution in [1.29, 1.82) is 0 Å². The monoisotopic (exact) mass is 271 g/mol. The van der Waals surface area contributed by atoms with E-state index < -0.39 is 5.97 Å². The third-order valence-electron chi connectivity index (χ3n) is 3.00. The van der Waals surface area contributed by atoms with Gasteiger partial charge in [0.2, 0.25) is 0 Å². The molecule has 2 N–H and O–H groups in total. The van der Waals surface area contributed by atoms with Crippen molar-refractivity contribution < 1.29 is 14.3 Å². The number of carbonyl (C=O) groups is 1. The lowest BCUT2D eigenvalue weighted by Crippen LogP contribution is -2.11. The molecule has 0 heterocycles. The van der Waals surface area contributed by atoms with Gasteiger partial charge in [0.25, 0.3) is 0 Å². The first-order valence-electron chi connectivity index (χ1n) is 6.31. The first-order chi connectivity index (χ1) is 9.61. The normalized spacial score (nSPS) is 11.7. The molecule has 0 fully saturated rings. The number of nitrogen functional groups attached to an aromatic ring is 1. The SMILES string of the molecule is COc1ccc(N)cc1C(=O)OC(C)c1ccccc1. The average Bonchev–Trinajstić information content (AvgIpc) is 2.48. The molecular weight excluding hydrogens is 254 g/mol. The second-order valence-corrected chi connectivity index (χ2v) is 4.42. The fraction of sp³-hybridized carbons (Fsp3) is 0.188. The van der Waals surface area contributed by atoms with Crippen molar-refractivity contribution in [1.82, 2.24) is 0 Å². The summed E-state index contributed by atoms with van der Waals surface area (Å²) in [6.07, 6.45) is -0.338. The predicted molar refractivity (Wildman–Crippen MR) is 77.7 cm³/mol. The highest BCUT2D eigenvalue weighted by molar-refractivity contribution is 5.93. The standard InChI is InChI=1S/C16H17NO3/c1-11(12-6-4-3-5-7-12)20-16(18)14-10-13(17)8-9-15(14)19-2/h3-11H,17H2,1-2H3. The number of hydrogen-bond donors (Lipinski definition) is 1. The minimum absolute atomic E-state index is 0.329. The summed E-state index contributed by atoms with van der Waals surface area (Å²) in [5.41, 5.74) is 7.45. The third kappa shape index (κ3) is 3.09. The molecule has 0 amide bonds. The number of hydrogen-bond acceptors (Lipinski definition) is 4. The van der Waals surface area contributed by atoms with E-state index in [2.05, 4.69) is 0 Å². The van der Waals surface area contributed by atoms with Crippen LogP contribution in [-0.4, -0.2) is 13.1 Å². The zero-order valence-electron chi connectivity index (χ0n) is 11.5. The van der Waals surface area contributed by atoms with Gasteiger partial charge in [0, 0.05) is 5.69 Å². The molecule has 1 atom stereocenters. The van der Waals surface area contributed by atoms with Crippen molar-refractivity contribution in [3.05, 3.63) is 59.7 Å². The Hall–Kier alpha value is -2.49. The maximum atomic E-state index is 12.2. The van der Waals surface area contributed by atoms with Gasteiger partial charge in [-0.05, 0) is 30.7 Å². The highest BCUT2D eigenvalue weighted by Crippen LogP contribution is 2.25. The van der Waals surface area contributed by atoms with Gasteiger partial charge in [-0.2, -0.15) is 0 Å². The number of benzene rings is 2. The lowest BCUT2D eigenvalue weighted by atomic mass is 10.1. The Morgan fingerprint density at radius 3 is 2.50 bits per heavy atom. The van der Waals surface area contributed by atoms with Crippen molar-refractivity contribution in [3.63, 3.8) is 0 Å². The predicted octanol–water partition coefficient (Wildman–Crippen LogP) is 3.20. The van der Waals surface area contributed by atoms with E-state index >= 15 is 0 Å². The van der Waals surface area contributed by atoms with Crippen LogP contribution >= 0.6 is 0 Å². The van der Waals surface area contributed by atoms with Crippen LogP contribution in [0.1, 0.15) is 28.9 Å². The van der Waals surface area contributed by atoms with Gasteiger partial charge in [-0.3, -0.25) is 0 Å². The van der Waals surface area contributed by atoms with E-state index in [4.69, 9.17) is 15.2 Å². The fourth-order valence-corrected chi connectivity index (χ4v) is 1.90. The van der Waals surface area contributed by atoms with Crippen LogP contribution in [0.3, 0.4) is 0 Å². The molecule has 1 unspecified atom stereocenters. The number of esters is 1. The smallest absolute Gasteiger partial charge is 0.342 e. The molecule has 0 saturated carbocycles. The Bertz CT molecular complexity index is 596. The Balaban J connectivity index is 2.18. The number of nitrogens with two attached hydrogens (primary N) is 1. The minimum atomic E-state index is -0.453. The van der Waals surface area contributed by atoms with Gasteiger partial charge in [0.15, 0.2) is 0 Å². The summed E-state index contributed by atoms with van der Waals surface area (Å²) in [5.74, 6) is -0.00466. The maximum Gasteiger partial charge on any atom is 0.342 e. The molecule has 2 aromatic carbocycles. The molecule has 2 rings (SSSR count). The number of rotatable bonds is 4. The number of methoxy groups -OCH3 is 1. The molecule has 0 saturated heterocycles. The molecule has 0 spiro atoms. The maximum absolute atomic E-state index is 12.2. The molecule has 0 aromatic heterocycles. The molecule has 0 aliphatic rings. The van der Waals surface area contributed by atoms with Gasteiger partial charge >= 0.3 is 5.97 Å². The Labute approximate surface area is 118 Å². The van der Waals surface area contributed by atoms with E-state index in [9.17, 15) is 4.79 Å². The molecule has 0 radical (unpaired) electrons. The summed E-state index contributed by atoms with van der Waals surface area (Å²) < 4.78 is 10.6. The highest BCUT2D eigenvalue weighted by atomic mass is 16.5. The molecule has 4 nitrogen and oxygen atoms in total. The summed E-state index contributed by atoms with van der Waals surface area (Å²) in [5, 5.41) is 0. The molecule has 2 aromatic rings. The van der Waals surface area contributed by atoms with E-state index in [1.165, 1.54) is 7.11 Å². The summed E-state index contributed by atoms with van der Waals surface area (Å²) in [6, 6.07) is 14.4. The summed E-state index contributed by atoms with van der Waals surface area (Å²) in [4.78, 5) is 12.2. The lowest BCUT2D eigenvalue weighted by Gasteiger charge is -2.15. The van der Waals surface area contributed by atoms with Crippen LogP contribution < -0.4 is 10.5 Å². The first-order valence-corrected chi connectivity index (χ1v) is 6.31. The summed E-state index contributed by atoms with van der Waals surface area (Å²) in [7, 11) is 1.50. The van der Waals surface area contributed by atoms with Crippen molar-refractivity contribution in [2.75, 3.05) is 12.8 Å². The van der Waals surface area contributed by atoms with Crippen LogP contribution in [0.4, 0.5) is 5.69 Å². The molecular formula is C16H17NO3. The van der Waals surface area contributed by atoms with Crippen molar-refractivity contribution in [2.24, 2.45) is 0 Å². The second-order valence-electron chi connectivity index (χ2n) is 4.42. The zero-order chi connectivity index (χ0) is 14.5. The molecule has 4 heteroatoms. The van der Waals surface area contributed by atoms with Gasteiger partial charge in [-0.1, -0.05) is 30.3 Å². The second kappa shape index (κ2) is 6.10. The van der Waals surface area contributed by atoms with Gasteiger partial charge in [0.1, 0.15) is 17.4 Å². The van der Waals surface area contributed by atoms with Crippen LogP contribution in [0, 0.1) is 0 Å². The number of anilines is 1. The van der Waals surface area contributed by atoms with Crippen LogP contribution in [0.15, 0.2) is 48.5 Å². The Kier molecular flexibility index (Phi) is 4.25. The first kappa shape index (κ1) is 13.9. The Morgan fingerprint density at radius 1 is 1.15 bits per heavy atom. The van der Waals surface area contributed by atoms with E-state index in [0.29, 0.717) is 17.0 Å². The minimum Gasteiger partial charge on any atom is -0.496 e.